The summed E-state index contributed by atoms with van der Waals surface area (Å²) < 4.78 is 16.9. The Hall–Kier alpha value is -2.89. The summed E-state index contributed by atoms with van der Waals surface area (Å²) in [6.07, 6.45) is 76.5. The first-order valence-corrected chi connectivity index (χ1v) is 31.3. The van der Waals surface area contributed by atoms with E-state index in [4.69, 9.17) is 14.2 Å². The van der Waals surface area contributed by atoms with E-state index in [0.29, 0.717) is 19.3 Å². The highest BCUT2D eigenvalue weighted by atomic mass is 16.6. The van der Waals surface area contributed by atoms with Gasteiger partial charge in [-0.2, -0.15) is 0 Å². The Morgan fingerprint density at radius 3 is 0.861 bits per heavy atom. The molecular formula is C66H118O6. The van der Waals surface area contributed by atoms with E-state index in [1.807, 2.05) is 0 Å². The zero-order chi connectivity index (χ0) is 52.2. The van der Waals surface area contributed by atoms with E-state index in [-0.39, 0.29) is 31.1 Å². The number of rotatable bonds is 57. The van der Waals surface area contributed by atoms with Crippen LogP contribution in [-0.2, 0) is 28.6 Å². The lowest BCUT2D eigenvalue weighted by Gasteiger charge is -2.18. The van der Waals surface area contributed by atoms with Gasteiger partial charge in [0, 0.05) is 19.3 Å². The Morgan fingerprint density at radius 1 is 0.292 bits per heavy atom. The minimum atomic E-state index is -0.785. The van der Waals surface area contributed by atoms with E-state index in [2.05, 4.69) is 81.5 Å². The molecule has 0 bridgehead atoms. The minimum Gasteiger partial charge on any atom is -0.462 e. The molecule has 6 nitrogen and oxygen atoms in total. The number of esters is 3. The maximum atomic E-state index is 12.9. The van der Waals surface area contributed by atoms with Crippen molar-refractivity contribution in [3.8, 4) is 0 Å². The average molecular weight is 1010 g/mol. The standard InChI is InChI=1S/C66H118O6/c1-4-7-10-13-16-19-22-25-28-31-32-33-34-36-38-41-44-47-50-53-56-59-65(68)71-62-63(61-70-64(67)58-55-52-49-46-43-40-37-30-27-24-21-18-15-12-9-6-3)72-66(69)60-57-54-51-48-45-42-39-35-29-26-23-20-17-14-11-8-5-2/h8,11,17,20-21,24,26,29-30,37,63H,4-7,9-10,12-16,18-19,22-23,25,27-28,31-36,38-62H2,1-3H3/b11-8-,20-17-,24-21-,29-26-,37-30-. The van der Waals surface area contributed by atoms with Crippen LogP contribution in [0.25, 0.3) is 0 Å². The summed E-state index contributed by atoms with van der Waals surface area (Å²) in [6, 6.07) is 0. The third-order valence-corrected chi connectivity index (χ3v) is 13.8. The van der Waals surface area contributed by atoms with Crippen LogP contribution in [0.2, 0.25) is 0 Å². The minimum absolute atomic E-state index is 0.0799. The number of allylic oxidation sites excluding steroid dienone is 10. The fourth-order valence-corrected chi connectivity index (χ4v) is 9.08. The number of hydrogen-bond acceptors (Lipinski definition) is 6. The molecule has 0 aromatic carbocycles. The largest absolute Gasteiger partial charge is 0.462 e. The van der Waals surface area contributed by atoms with Gasteiger partial charge in [-0.15, -0.1) is 0 Å². The second-order valence-electron chi connectivity index (χ2n) is 20.9. The van der Waals surface area contributed by atoms with Gasteiger partial charge in [0.05, 0.1) is 0 Å². The third-order valence-electron chi connectivity index (χ3n) is 13.8. The molecule has 0 saturated carbocycles. The fraction of sp³-hybridized carbons (Fsp3) is 0.803. The highest BCUT2D eigenvalue weighted by Crippen LogP contribution is 2.17. The summed E-state index contributed by atoms with van der Waals surface area (Å²) in [5, 5.41) is 0. The number of carbonyl (C=O) groups excluding carboxylic acids is 3. The molecule has 0 saturated heterocycles. The molecule has 418 valence electrons. The Labute approximate surface area is 447 Å². The molecule has 0 aromatic heterocycles. The van der Waals surface area contributed by atoms with Gasteiger partial charge < -0.3 is 14.2 Å². The fourth-order valence-electron chi connectivity index (χ4n) is 9.08. The Kier molecular flexibility index (Phi) is 58.2. The van der Waals surface area contributed by atoms with Crippen molar-refractivity contribution in [1.29, 1.82) is 0 Å². The topological polar surface area (TPSA) is 78.9 Å². The zero-order valence-electron chi connectivity index (χ0n) is 47.9. The molecule has 0 rings (SSSR count). The van der Waals surface area contributed by atoms with Gasteiger partial charge in [0.25, 0.3) is 0 Å². The maximum absolute atomic E-state index is 12.9. The van der Waals surface area contributed by atoms with Gasteiger partial charge in [-0.05, 0) is 83.5 Å². The number of unbranched alkanes of at least 4 members (excludes halogenated alkanes) is 36. The summed E-state index contributed by atoms with van der Waals surface area (Å²) in [4.78, 5) is 38.3. The summed E-state index contributed by atoms with van der Waals surface area (Å²) in [5.41, 5.74) is 0. The lowest BCUT2D eigenvalue weighted by molar-refractivity contribution is -0.167. The molecule has 1 atom stereocenters. The Morgan fingerprint density at radius 2 is 0.542 bits per heavy atom. The molecule has 0 aromatic rings. The van der Waals surface area contributed by atoms with Crippen LogP contribution in [0.3, 0.4) is 0 Å². The van der Waals surface area contributed by atoms with Crippen LogP contribution >= 0.6 is 0 Å². The van der Waals surface area contributed by atoms with Crippen molar-refractivity contribution < 1.29 is 28.6 Å². The Balaban J connectivity index is 4.35. The first-order chi connectivity index (χ1) is 35.5. The first-order valence-electron chi connectivity index (χ1n) is 31.3. The molecule has 0 N–H and O–H groups in total. The van der Waals surface area contributed by atoms with Crippen molar-refractivity contribution in [1.82, 2.24) is 0 Å². The second kappa shape index (κ2) is 60.7. The predicted octanol–water partition coefficient (Wildman–Crippen LogP) is 21.2. The van der Waals surface area contributed by atoms with Crippen LogP contribution in [0, 0.1) is 0 Å². The van der Waals surface area contributed by atoms with Crippen LogP contribution in [-0.4, -0.2) is 37.2 Å². The van der Waals surface area contributed by atoms with Crippen molar-refractivity contribution in [2.45, 2.75) is 329 Å². The van der Waals surface area contributed by atoms with Gasteiger partial charge in [-0.25, -0.2) is 0 Å². The molecule has 0 aliphatic rings. The molecule has 6 heteroatoms. The molecular weight excluding hydrogens is 889 g/mol. The van der Waals surface area contributed by atoms with Crippen molar-refractivity contribution in [3.63, 3.8) is 0 Å². The smallest absolute Gasteiger partial charge is 0.306 e. The number of carbonyl (C=O) groups is 3. The van der Waals surface area contributed by atoms with E-state index in [9.17, 15) is 14.4 Å². The summed E-state index contributed by atoms with van der Waals surface area (Å²) in [7, 11) is 0. The van der Waals surface area contributed by atoms with Gasteiger partial charge in [0.1, 0.15) is 13.2 Å². The number of ether oxygens (including phenoxy) is 3. The van der Waals surface area contributed by atoms with Crippen molar-refractivity contribution >= 4 is 17.9 Å². The van der Waals surface area contributed by atoms with Gasteiger partial charge in [0.15, 0.2) is 6.10 Å². The van der Waals surface area contributed by atoms with Crippen molar-refractivity contribution in [2.24, 2.45) is 0 Å². The van der Waals surface area contributed by atoms with Crippen LogP contribution in [0.1, 0.15) is 323 Å². The van der Waals surface area contributed by atoms with E-state index < -0.39 is 6.10 Å². The SMILES string of the molecule is CC/C=C\C/C=C\C/C=C\CCCCCCCCCC(=O)OC(COC(=O)CCCCCCC/C=C\C/C=C\CCCCCC)COC(=O)CCCCCCCCCCCCCCCCCCCCCCC. The van der Waals surface area contributed by atoms with Crippen LogP contribution in [0.15, 0.2) is 60.8 Å². The van der Waals surface area contributed by atoms with Crippen LogP contribution < -0.4 is 0 Å². The quantitative estimate of drug-likeness (QED) is 0.0261. The molecule has 0 amide bonds. The van der Waals surface area contributed by atoms with Crippen LogP contribution in [0.5, 0.6) is 0 Å². The normalized spacial score (nSPS) is 12.4. The molecule has 0 radical (unpaired) electrons. The lowest BCUT2D eigenvalue weighted by atomic mass is 10.0. The van der Waals surface area contributed by atoms with Gasteiger partial charge in [0.2, 0.25) is 0 Å². The second-order valence-corrected chi connectivity index (χ2v) is 20.9. The zero-order valence-corrected chi connectivity index (χ0v) is 47.9. The highest BCUT2D eigenvalue weighted by Gasteiger charge is 2.19. The third kappa shape index (κ3) is 58.0. The average Bonchev–Trinajstić information content (AvgIpc) is 3.38. The van der Waals surface area contributed by atoms with Crippen LogP contribution in [0.4, 0.5) is 0 Å². The number of hydrogen-bond donors (Lipinski definition) is 0. The summed E-state index contributed by atoms with van der Waals surface area (Å²) in [6.45, 7) is 6.54. The molecule has 0 heterocycles. The maximum Gasteiger partial charge on any atom is 0.306 e. The predicted molar refractivity (Wildman–Crippen MR) is 312 cm³/mol. The van der Waals surface area contributed by atoms with Gasteiger partial charge in [-0.3, -0.25) is 14.4 Å². The van der Waals surface area contributed by atoms with E-state index in [0.717, 1.165) is 103 Å². The molecule has 0 aliphatic heterocycles. The molecule has 0 fully saturated rings. The van der Waals surface area contributed by atoms with E-state index >= 15 is 0 Å². The highest BCUT2D eigenvalue weighted by molar-refractivity contribution is 5.71. The van der Waals surface area contributed by atoms with Crippen molar-refractivity contribution in [2.75, 3.05) is 13.2 Å². The first kappa shape index (κ1) is 69.1. The lowest BCUT2D eigenvalue weighted by Crippen LogP contribution is -2.30. The van der Waals surface area contributed by atoms with E-state index in [1.54, 1.807) is 0 Å². The molecule has 72 heavy (non-hydrogen) atoms. The molecule has 1 unspecified atom stereocenters. The summed E-state index contributed by atoms with van der Waals surface area (Å²) >= 11 is 0. The molecule has 0 aliphatic carbocycles. The Bertz CT molecular complexity index is 1290. The van der Waals surface area contributed by atoms with E-state index in [1.165, 1.54) is 180 Å². The van der Waals surface area contributed by atoms with Gasteiger partial charge >= 0.3 is 17.9 Å². The van der Waals surface area contributed by atoms with Crippen molar-refractivity contribution in [3.05, 3.63) is 60.8 Å². The molecule has 0 spiro atoms. The van der Waals surface area contributed by atoms with Gasteiger partial charge in [-0.1, -0.05) is 281 Å². The summed E-state index contributed by atoms with van der Waals surface area (Å²) in [5.74, 6) is -0.887. The monoisotopic (exact) mass is 1010 g/mol.